The molecule has 0 saturated carbocycles. The predicted octanol–water partition coefficient (Wildman–Crippen LogP) is -0.246. The lowest BCUT2D eigenvalue weighted by Crippen LogP contribution is -2.19. The van der Waals surface area contributed by atoms with Gasteiger partial charge in [-0.05, 0) is 0 Å². The number of rotatable bonds is 1. The van der Waals surface area contributed by atoms with Gasteiger partial charge in [-0.1, -0.05) is 0 Å². The summed E-state index contributed by atoms with van der Waals surface area (Å²) in [5.41, 5.74) is 5.54. The van der Waals surface area contributed by atoms with E-state index in [9.17, 15) is 9.59 Å². The summed E-state index contributed by atoms with van der Waals surface area (Å²) < 4.78 is 5.74. The largest absolute Gasteiger partial charge is 0.465 e. The summed E-state index contributed by atoms with van der Waals surface area (Å²) in [6.07, 6.45) is 1.38. The van der Waals surface area contributed by atoms with Crippen LogP contribution in [0.5, 0.6) is 0 Å². The normalized spacial score (nSPS) is 9.69. The van der Waals surface area contributed by atoms with Crippen molar-refractivity contribution in [2.45, 2.75) is 0 Å². The van der Waals surface area contributed by atoms with Crippen LogP contribution < -0.4 is 11.3 Å². The number of carbonyl (C=O) groups is 1. The third kappa shape index (κ3) is 1.69. The smallest absolute Gasteiger partial charge is 0.340 e. The van der Waals surface area contributed by atoms with Gasteiger partial charge in [0.25, 0.3) is 5.56 Å². The number of anilines is 1. The number of carbonyl (C=O) groups excluding carboxylic acids is 1. The highest BCUT2D eigenvalue weighted by atomic mass is 16.5. The molecule has 1 heterocycles. The number of ether oxygens (including phenoxy) is 1. The summed E-state index contributed by atoms with van der Waals surface area (Å²) in [6.45, 7) is 0. The van der Waals surface area contributed by atoms with E-state index in [0.717, 1.165) is 6.07 Å². The number of hydrogen-bond acceptors (Lipinski definition) is 4. The lowest BCUT2D eigenvalue weighted by molar-refractivity contribution is 0.0601. The molecule has 5 nitrogen and oxygen atoms in total. The Morgan fingerprint density at radius 1 is 1.62 bits per heavy atom. The molecule has 1 rings (SSSR count). The van der Waals surface area contributed by atoms with Gasteiger partial charge in [-0.25, -0.2) is 4.79 Å². The fraction of sp³-hybridized carbons (Fsp3) is 0.250. The molecule has 0 aliphatic heterocycles. The van der Waals surface area contributed by atoms with E-state index in [-0.39, 0.29) is 16.8 Å². The van der Waals surface area contributed by atoms with Gasteiger partial charge in [0.05, 0.1) is 18.4 Å². The fourth-order valence-corrected chi connectivity index (χ4v) is 0.937. The van der Waals surface area contributed by atoms with Gasteiger partial charge in [0, 0.05) is 19.3 Å². The van der Waals surface area contributed by atoms with Crippen LogP contribution in [0.15, 0.2) is 17.1 Å². The van der Waals surface area contributed by atoms with E-state index >= 15 is 0 Å². The Morgan fingerprint density at radius 3 is 2.77 bits per heavy atom. The zero-order valence-electron chi connectivity index (χ0n) is 7.40. The first-order valence-corrected chi connectivity index (χ1v) is 3.60. The van der Waals surface area contributed by atoms with E-state index in [2.05, 4.69) is 4.74 Å². The second-order valence-electron chi connectivity index (χ2n) is 2.58. The Balaban J connectivity index is 3.32. The maximum absolute atomic E-state index is 11.1. The molecule has 0 saturated heterocycles. The molecule has 13 heavy (non-hydrogen) atoms. The molecule has 0 radical (unpaired) electrons. The Morgan fingerprint density at radius 2 is 2.23 bits per heavy atom. The van der Waals surface area contributed by atoms with Gasteiger partial charge in [-0.2, -0.15) is 0 Å². The Labute approximate surface area is 74.7 Å². The molecule has 0 aliphatic carbocycles. The average Bonchev–Trinajstić information content (AvgIpc) is 2.10. The Kier molecular flexibility index (Phi) is 2.36. The molecule has 0 aromatic carbocycles. The van der Waals surface area contributed by atoms with Crippen molar-refractivity contribution in [2.24, 2.45) is 7.05 Å². The van der Waals surface area contributed by atoms with Gasteiger partial charge in [0.2, 0.25) is 0 Å². The molecule has 1 aromatic rings. The first kappa shape index (κ1) is 9.31. The quantitative estimate of drug-likeness (QED) is 0.608. The lowest BCUT2D eigenvalue weighted by atomic mass is 10.2. The van der Waals surface area contributed by atoms with Crippen molar-refractivity contribution in [3.05, 3.63) is 28.2 Å². The average molecular weight is 182 g/mol. The molecule has 0 aliphatic rings. The van der Waals surface area contributed by atoms with Gasteiger partial charge < -0.3 is 15.0 Å². The molecule has 0 unspecified atom stereocenters. The molecular weight excluding hydrogens is 172 g/mol. The summed E-state index contributed by atoms with van der Waals surface area (Å²) in [5.74, 6) is -0.602. The van der Waals surface area contributed by atoms with Gasteiger partial charge in [0.15, 0.2) is 0 Å². The first-order chi connectivity index (χ1) is 6.06. The monoisotopic (exact) mass is 182 g/mol. The van der Waals surface area contributed by atoms with Crippen molar-refractivity contribution in [2.75, 3.05) is 12.8 Å². The minimum absolute atomic E-state index is 0.102. The van der Waals surface area contributed by atoms with Crippen molar-refractivity contribution in [3.8, 4) is 0 Å². The number of methoxy groups -OCH3 is 1. The SMILES string of the molecule is COC(=O)c1cc(=O)n(C)cc1N. The molecule has 70 valence electrons. The van der Waals surface area contributed by atoms with Gasteiger partial charge in [-0.15, -0.1) is 0 Å². The summed E-state index contributed by atoms with van der Waals surface area (Å²) in [4.78, 5) is 22.2. The zero-order chi connectivity index (χ0) is 10.0. The molecule has 0 bridgehead atoms. The van der Waals surface area contributed by atoms with Crippen molar-refractivity contribution >= 4 is 11.7 Å². The molecule has 1 aromatic heterocycles. The molecule has 0 amide bonds. The number of nitrogen functional groups attached to an aromatic ring is 1. The van der Waals surface area contributed by atoms with E-state index in [4.69, 9.17) is 5.73 Å². The third-order valence-electron chi connectivity index (χ3n) is 1.66. The number of aryl methyl sites for hydroxylation is 1. The summed E-state index contributed by atoms with van der Waals surface area (Å²) >= 11 is 0. The Bertz CT molecular complexity index is 395. The van der Waals surface area contributed by atoms with Crippen LogP contribution in [0.2, 0.25) is 0 Å². The van der Waals surface area contributed by atoms with Crippen molar-refractivity contribution in [1.82, 2.24) is 4.57 Å². The number of nitrogens with zero attached hydrogens (tertiary/aromatic N) is 1. The van der Waals surface area contributed by atoms with Crippen LogP contribution in [-0.4, -0.2) is 17.6 Å². The molecule has 0 atom stereocenters. The van der Waals surface area contributed by atoms with E-state index in [1.165, 1.54) is 17.9 Å². The van der Waals surface area contributed by atoms with E-state index in [1.807, 2.05) is 0 Å². The molecule has 0 spiro atoms. The van der Waals surface area contributed by atoms with Crippen molar-refractivity contribution in [1.29, 1.82) is 0 Å². The first-order valence-electron chi connectivity index (χ1n) is 3.60. The van der Waals surface area contributed by atoms with Crippen LogP contribution in [0, 0.1) is 0 Å². The summed E-state index contributed by atoms with van der Waals surface area (Å²) in [5, 5.41) is 0. The highest BCUT2D eigenvalue weighted by Crippen LogP contribution is 2.08. The predicted molar refractivity (Wildman–Crippen MR) is 47.4 cm³/mol. The fourth-order valence-electron chi connectivity index (χ4n) is 0.937. The van der Waals surface area contributed by atoms with Crippen LogP contribution in [-0.2, 0) is 11.8 Å². The minimum Gasteiger partial charge on any atom is -0.465 e. The van der Waals surface area contributed by atoms with Gasteiger partial charge in [0.1, 0.15) is 0 Å². The number of esters is 1. The zero-order valence-corrected chi connectivity index (χ0v) is 7.40. The topological polar surface area (TPSA) is 74.3 Å². The van der Waals surface area contributed by atoms with E-state index in [1.54, 1.807) is 7.05 Å². The van der Waals surface area contributed by atoms with Crippen LogP contribution in [0.4, 0.5) is 5.69 Å². The summed E-state index contributed by atoms with van der Waals surface area (Å²) in [7, 11) is 2.79. The third-order valence-corrected chi connectivity index (χ3v) is 1.66. The number of pyridine rings is 1. The van der Waals surface area contributed by atoms with E-state index < -0.39 is 5.97 Å². The summed E-state index contributed by atoms with van der Waals surface area (Å²) in [6, 6.07) is 1.15. The van der Waals surface area contributed by atoms with Crippen LogP contribution in [0.3, 0.4) is 0 Å². The van der Waals surface area contributed by atoms with Crippen LogP contribution in [0.25, 0.3) is 0 Å². The minimum atomic E-state index is -0.602. The molecule has 5 heteroatoms. The second-order valence-corrected chi connectivity index (χ2v) is 2.58. The van der Waals surface area contributed by atoms with Gasteiger partial charge >= 0.3 is 5.97 Å². The van der Waals surface area contributed by atoms with Crippen molar-refractivity contribution < 1.29 is 9.53 Å². The highest BCUT2D eigenvalue weighted by Gasteiger charge is 2.10. The lowest BCUT2D eigenvalue weighted by Gasteiger charge is -2.04. The number of nitrogens with two attached hydrogens (primary N) is 1. The molecule has 2 N–H and O–H groups in total. The number of hydrogen-bond donors (Lipinski definition) is 1. The Hall–Kier alpha value is -1.78. The van der Waals surface area contributed by atoms with Crippen molar-refractivity contribution in [3.63, 3.8) is 0 Å². The highest BCUT2D eigenvalue weighted by molar-refractivity contribution is 5.94. The molecular formula is C8H10N2O3. The molecule has 0 fully saturated rings. The van der Waals surface area contributed by atoms with Crippen LogP contribution >= 0.6 is 0 Å². The number of aromatic nitrogens is 1. The second kappa shape index (κ2) is 3.30. The van der Waals surface area contributed by atoms with E-state index in [0.29, 0.717) is 0 Å². The maximum atomic E-state index is 11.1. The maximum Gasteiger partial charge on any atom is 0.340 e. The van der Waals surface area contributed by atoms with Crippen LogP contribution in [0.1, 0.15) is 10.4 Å². The van der Waals surface area contributed by atoms with Gasteiger partial charge in [-0.3, -0.25) is 4.79 Å². The standard InChI is InChI=1S/C8H10N2O3/c1-10-4-6(9)5(3-7(10)11)8(12)13-2/h3-4H,9H2,1-2H3.